The number of hydrogen-bond donors (Lipinski definition) is 2. The molecule has 2 rings (SSSR count). The van der Waals surface area contributed by atoms with E-state index in [-0.39, 0.29) is 27.7 Å². The molecule has 0 saturated carbocycles. The minimum absolute atomic E-state index is 0.0483. The second kappa shape index (κ2) is 5.76. The van der Waals surface area contributed by atoms with Crippen LogP contribution in [0.2, 0.25) is 0 Å². The van der Waals surface area contributed by atoms with Crippen LogP contribution in [0.3, 0.4) is 0 Å². The van der Waals surface area contributed by atoms with E-state index >= 15 is 0 Å². The fraction of sp³-hybridized carbons (Fsp3) is 0.222. The average molecular weight is 301 g/mol. The van der Waals surface area contributed by atoms with Crippen LogP contribution in [0.25, 0.3) is 10.3 Å². The molecule has 0 radical (unpaired) electrons. The van der Waals surface area contributed by atoms with Crippen LogP contribution in [0.5, 0.6) is 0 Å². The molecule has 0 bridgehead atoms. The molecule has 2 aromatic heterocycles. The summed E-state index contributed by atoms with van der Waals surface area (Å²) in [5.41, 5.74) is -0.199. The van der Waals surface area contributed by atoms with Gasteiger partial charge in [-0.15, -0.1) is 11.6 Å². The smallest absolute Gasteiger partial charge is 0.304 e. The van der Waals surface area contributed by atoms with E-state index in [0.717, 1.165) is 11.3 Å². The number of hydrogen-bond acceptors (Lipinski definition) is 6. The van der Waals surface area contributed by atoms with Crippen molar-refractivity contribution in [3.05, 3.63) is 32.2 Å². The van der Waals surface area contributed by atoms with E-state index in [1.54, 1.807) is 12.2 Å². The maximum atomic E-state index is 11.8. The number of alkyl halides is 1. The summed E-state index contributed by atoms with van der Waals surface area (Å²) in [6.07, 6.45) is 3.42. The second-order valence-electron chi connectivity index (χ2n) is 3.36. The van der Waals surface area contributed by atoms with E-state index in [4.69, 9.17) is 17.4 Å². The molecule has 0 atom stereocenters. The molecule has 0 aromatic carbocycles. The minimum atomic E-state index is -0.449. The topological polar surface area (TPSA) is 118 Å². The number of rotatable bonds is 4. The Hall–Kier alpha value is -2.00. The molecule has 2 aromatic rings. The molecule has 0 amide bonds. The summed E-state index contributed by atoms with van der Waals surface area (Å²) in [5.74, 6) is 5.20. The largest absolute Gasteiger partial charge is 0.309 e. The Labute approximate surface area is 115 Å². The Kier molecular flexibility index (Phi) is 4.07. The normalized spacial score (nSPS) is 12.1. The van der Waals surface area contributed by atoms with Crippen LogP contribution in [0.4, 0.5) is 5.95 Å². The van der Waals surface area contributed by atoms with Gasteiger partial charge < -0.3 is 5.84 Å². The third-order valence-corrected chi connectivity index (χ3v) is 3.35. The summed E-state index contributed by atoms with van der Waals surface area (Å²) in [5, 5.41) is 6.49. The van der Waals surface area contributed by atoms with Gasteiger partial charge in [0, 0.05) is 12.4 Å². The van der Waals surface area contributed by atoms with Crippen LogP contribution in [0, 0.1) is 0 Å². The van der Waals surface area contributed by atoms with Crippen LogP contribution < -0.4 is 16.3 Å². The summed E-state index contributed by atoms with van der Waals surface area (Å²) in [6.45, 7) is 0.279. The van der Waals surface area contributed by atoms with Gasteiger partial charge in [-0.05, 0) is 0 Å². The van der Waals surface area contributed by atoms with Crippen molar-refractivity contribution < 1.29 is 0 Å². The zero-order valence-corrected chi connectivity index (χ0v) is 11.1. The van der Waals surface area contributed by atoms with Crippen LogP contribution in [-0.4, -0.2) is 20.4 Å². The molecule has 2 heterocycles. The van der Waals surface area contributed by atoms with Gasteiger partial charge >= 0.3 is 4.87 Å². The molecule has 10 heteroatoms. The van der Waals surface area contributed by atoms with Gasteiger partial charge in [-0.1, -0.05) is 33.8 Å². The van der Waals surface area contributed by atoms with Gasteiger partial charge in [-0.2, -0.15) is 4.98 Å². The molecule has 8 nitrogen and oxygen atoms in total. The average Bonchev–Trinajstić information content (AvgIpc) is 2.68. The highest BCUT2D eigenvalue weighted by Crippen LogP contribution is 2.13. The number of nitrogens with one attached hydrogen (secondary N) is 1. The third-order valence-electron chi connectivity index (χ3n) is 2.21. The van der Waals surface area contributed by atoms with Crippen LogP contribution in [-0.2, 0) is 6.54 Å². The molecule has 19 heavy (non-hydrogen) atoms. The highest BCUT2D eigenvalue weighted by atomic mass is 35.5. The Bertz CT molecular complexity index is 758. The molecule has 100 valence electrons. The molecular weight excluding hydrogens is 292 g/mol. The second-order valence-corrected chi connectivity index (χ2v) is 4.63. The lowest BCUT2D eigenvalue weighted by molar-refractivity contribution is 0.822. The first-order chi connectivity index (χ1) is 9.17. The quantitative estimate of drug-likeness (QED) is 0.286. The van der Waals surface area contributed by atoms with E-state index in [1.165, 1.54) is 4.57 Å². The number of nitrogens with zero attached hydrogens (tertiary/aromatic N) is 4. The van der Waals surface area contributed by atoms with Crippen LogP contribution in [0.15, 0.2) is 32.1 Å². The number of nitrogens with two attached hydrogens (primary N) is 1. The third kappa shape index (κ3) is 2.71. The van der Waals surface area contributed by atoms with E-state index in [0.29, 0.717) is 5.88 Å². The van der Waals surface area contributed by atoms with Crippen LogP contribution in [0.1, 0.15) is 0 Å². The minimum Gasteiger partial charge on any atom is -0.304 e. The first kappa shape index (κ1) is 13.4. The maximum absolute atomic E-state index is 11.8. The van der Waals surface area contributed by atoms with E-state index in [2.05, 4.69) is 20.3 Å². The highest BCUT2D eigenvalue weighted by Gasteiger charge is 2.12. The standard InChI is InChI=1S/C9H9ClN6O2S/c10-3-1-2-4-16-6-5(19-9(16)18)7(17)13-8(12-6)14-15-11/h1-2H,3-4H2,(H3,11,12,13,14,17)/b2-1-. The molecule has 3 N–H and O–H groups in total. The number of aromatic nitrogens is 3. The monoisotopic (exact) mass is 300 g/mol. The molecule has 0 unspecified atom stereocenters. The lowest BCUT2D eigenvalue weighted by atomic mass is 10.5. The van der Waals surface area contributed by atoms with Crippen molar-refractivity contribution in [2.75, 3.05) is 5.88 Å². The Morgan fingerprint density at radius 2 is 2.26 bits per heavy atom. The van der Waals surface area contributed by atoms with Crippen molar-refractivity contribution >= 4 is 39.2 Å². The zero-order valence-electron chi connectivity index (χ0n) is 9.54. The number of thiazole rings is 1. The highest BCUT2D eigenvalue weighted by molar-refractivity contribution is 7.16. The molecule has 0 aliphatic rings. The van der Waals surface area contributed by atoms with Crippen molar-refractivity contribution in [2.45, 2.75) is 6.54 Å². The maximum Gasteiger partial charge on any atom is 0.309 e. The number of H-pyrrole nitrogens is 1. The summed E-state index contributed by atoms with van der Waals surface area (Å²) in [6, 6.07) is 0. The van der Waals surface area contributed by atoms with Gasteiger partial charge in [-0.25, -0.2) is 0 Å². The van der Waals surface area contributed by atoms with Crippen LogP contribution >= 0.6 is 22.9 Å². The SMILES string of the molecule is NN=Nc1nc2c(sc(=O)n2C/C=C\CCl)c(=O)[nH]1. The van der Waals surface area contributed by atoms with E-state index in [1.807, 2.05) is 0 Å². The molecular formula is C9H9ClN6O2S. The van der Waals surface area contributed by atoms with E-state index in [9.17, 15) is 9.59 Å². The number of halogens is 1. The lowest BCUT2D eigenvalue weighted by Gasteiger charge is -1.98. The van der Waals surface area contributed by atoms with Gasteiger partial charge in [0.2, 0.25) is 0 Å². The Morgan fingerprint density at radius 1 is 1.47 bits per heavy atom. The number of aromatic amines is 1. The van der Waals surface area contributed by atoms with Crippen molar-refractivity contribution in [3.8, 4) is 0 Å². The molecule has 0 aliphatic carbocycles. The predicted molar refractivity (Wildman–Crippen MR) is 73.1 cm³/mol. The fourth-order valence-electron chi connectivity index (χ4n) is 1.45. The van der Waals surface area contributed by atoms with Crippen molar-refractivity contribution in [1.82, 2.24) is 14.5 Å². The summed E-state index contributed by atoms with van der Waals surface area (Å²) >= 11 is 6.33. The lowest BCUT2D eigenvalue weighted by Crippen LogP contribution is -2.13. The Morgan fingerprint density at radius 3 is 2.95 bits per heavy atom. The first-order valence-corrected chi connectivity index (χ1v) is 6.48. The van der Waals surface area contributed by atoms with Crippen molar-refractivity contribution in [1.29, 1.82) is 0 Å². The summed E-state index contributed by atoms with van der Waals surface area (Å²) in [7, 11) is 0. The predicted octanol–water partition coefficient (Wildman–Crippen LogP) is 0.899. The molecule has 0 spiro atoms. The number of fused-ring (bicyclic) bond motifs is 1. The van der Waals surface area contributed by atoms with Gasteiger partial charge in [0.1, 0.15) is 4.70 Å². The molecule has 0 aliphatic heterocycles. The number of allylic oxidation sites excluding steroid dienone is 2. The first-order valence-electron chi connectivity index (χ1n) is 5.13. The molecule has 0 fully saturated rings. The molecule has 0 saturated heterocycles. The zero-order chi connectivity index (χ0) is 13.8. The van der Waals surface area contributed by atoms with Gasteiger partial charge in [0.25, 0.3) is 11.5 Å². The van der Waals surface area contributed by atoms with Gasteiger partial charge in [0.05, 0.1) is 0 Å². The summed E-state index contributed by atoms with van der Waals surface area (Å²) in [4.78, 5) is 29.7. The van der Waals surface area contributed by atoms with E-state index < -0.39 is 5.56 Å². The van der Waals surface area contributed by atoms with Crippen molar-refractivity contribution in [2.24, 2.45) is 16.2 Å². The van der Waals surface area contributed by atoms with Crippen molar-refractivity contribution in [3.63, 3.8) is 0 Å². The summed E-state index contributed by atoms with van der Waals surface area (Å²) < 4.78 is 1.59. The fourth-order valence-corrected chi connectivity index (χ4v) is 2.41. The Balaban J connectivity index is 2.63. The van der Waals surface area contributed by atoms with Gasteiger partial charge in [-0.3, -0.25) is 19.1 Å². The van der Waals surface area contributed by atoms with Gasteiger partial charge in [0.15, 0.2) is 5.65 Å².